The summed E-state index contributed by atoms with van der Waals surface area (Å²) < 4.78 is 0. The number of fused-ring (bicyclic) bond motifs is 1. The number of aromatic hydroxyl groups is 1. The van der Waals surface area contributed by atoms with Crippen LogP contribution in [-0.4, -0.2) is 15.1 Å². The van der Waals surface area contributed by atoms with Crippen molar-refractivity contribution >= 4 is 28.0 Å². The maximum atomic E-state index is 11.2. The van der Waals surface area contributed by atoms with Gasteiger partial charge in [0.15, 0.2) is 0 Å². The minimum absolute atomic E-state index is 0. The number of benzene rings is 5. The zero-order valence-corrected chi connectivity index (χ0v) is 33.7. The smallest absolute Gasteiger partial charge is 0.136 e. The molecule has 270 valence electrons. The van der Waals surface area contributed by atoms with Crippen molar-refractivity contribution in [2.45, 2.75) is 65.7 Å². The van der Waals surface area contributed by atoms with E-state index in [1.807, 2.05) is 42.6 Å². The zero-order valence-electron chi connectivity index (χ0n) is 31.5. The number of anilines is 3. The Morgan fingerprint density at radius 3 is 2.04 bits per heavy atom. The van der Waals surface area contributed by atoms with Gasteiger partial charge in [-0.1, -0.05) is 133 Å². The van der Waals surface area contributed by atoms with E-state index in [1.54, 1.807) is 6.07 Å². The fraction of sp³-hybridized carbons (Fsp3) is 0.208. The Hall–Kier alpha value is -5.05. The molecule has 0 aliphatic rings. The first-order valence-electron chi connectivity index (χ1n) is 18.2. The second-order valence-corrected chi connectivity index (χ2v) is 15.2. The van der Waals surface area contributed by atoms with Crippen molar-refractivity contribution in [2.24, 2.45) is 0 Å². The van der Waals surface area contributed by atoms with Crippen LogP contribution in [0, 0.1) is 6.07 Å². The molecular formula is C48H46N3OPt-. The quantitative estimate of drug-likeness (QED) is 0.155. The summed E-state index contributed by atoms with van der Waals surface area (Å²) >= 11 is 0. The first-order valence-corrected chi connectivity index (χ1v) is 18.2. The third kappa shape index (κ3) is 7.85. The van der Waals surface area contributed by atoms with Crippen molar-refractivity contribution < 1.29 is 26.2 Å². The van der Waals surface area contributed by atoms with Gasteiger partial charge in [-0.05, 0) is 81.0 Å². The summed E-state index contributed by atoms with van der Waals surface area (Å²) in [6, 6.07) is 47.7. The molecular weight excluding hydrogens is 830 g/mol. The molecule has 2 aromatic heterocycles. The molecule has 1 N–H and O–H groups in total. The van der Waals surface area contributed by atoms with Crippen LogP contribution in [0.1, 0.15) is 77.0 Å². The summed E-state index contributed by atoms with van der Waals surface area (Å²) in [5.74, 6) is 1.74. The number of aromatic nitrogens is 2. The SMILES string of the molecule is CC(C)c1cc(-c2ccc(-c3[c-]c(N(c4ccccn4)c4cccc5ccccc45)cc(C(C)(C)C)c3)nc2-c2ccccc2O)cc(C(C)C)c1.[Pt]. The number of hydrogen-bond acceptors (Lipinski definition) is 4. The zero-order chi connectivity index (χ0) is 36.6. The van der Waals surface area contributed by atoms with E-state index >= 15 is 0 Å². The molecule has 0 saturated heterocycles. The van der Waals surface area contributed by atoms with E-state index in [4.69, 9.17) is 9.97 Å². The maximum absolute atomic E-state index is 11.2. The molecule has 0 amide bonds. The predicted molar refractivity (Wildman–Crippen MR) is 218 cm³/mol. The maximum Gasteiger partial charge on any atom is 0.136 e. The first-order chi connectivity index (χ1) is 25.0. The van der Waals surface area contributed by atoms with Gasteiger partial charge in [-0.25, -0.2) is 4.98 Å². The average molecular weight is 876 g/mol. The minimum Gasteiger partial charge on any atom is -0.507 e. The van der Waals surface area contributed by atoms with E-state index in [9.17, 15) is 5.11 Å². The van der Waals surface area contributed by atoms with E-state index in [0.717, 1.165) is 61.6 Å². The Bertz CT molecular complexity index is 2350. The normalized spacial score (nSPS) is 11.6. The molecule has 0 saturated carbocycles. The van der Waals surface area contributed by atoms with E-state index in [2.05, 4.69) is 144 Å². The Morgan fingerprint density at radius 2 is 1.36 bits per heavy atom. The largest absolute Gasteiger partial charge is 0.507 e. The van der Waals surface area contributed by atoms with Crippen LogP contribution in [0.2, 0.25) is 0 Å². The summed E-state index contributed by atoms with van der Waals surface area (Å²) in [7, 11) is 0. The van der Waals surface area contributed by atoms with E-state index < -0.39 is 0 Å². The molecule has 5 aromatic carbocycles. The number of rotatable bonds is 8. The van der Waals surface area contributed by atoms with Gasteiger partial charge in [0.25, 0.3) is 0 Å². The van der Waals surface area contributed by atoms with Crippen molar-refractivity contribution in [2.75, 3.05) is 4.90 Å². The van der Waals surface area contributed by atoms with E-state index in [-0.39, 0.29) is 32.2 Å². The van der Waals surface area contributed by atoms with Crippen molar-refractivity contribution in [1.82, 2.24) is 9.97 Å². The van der Waals surface area contributed by atoms with Crippen LogP contribution in [0.15, 0.2) is 134 Å². The Balaban J connectivity index is 0.00000481. The second-order valence-electron chi connectivity index (χ2n) is 15.2. The second kappa shape index (κ2) is 15.5. The molecule has 2 heterocycles. The van der Waals surface area contributed by atoms with Crippen molar-refractivity contribution in [3.63, 3.8) is 0 Å². The summed E-state index contributed by atoms with van der Waals surface area (Å²) in [6.45, 7) is 15.6. The minimum atomic E-state index is -0.169. The van der Waals surface area contributed by atoms with Gasteiger partial charge < -0.3 is 10.0 Å². The molecule has 0 radical (unpaired) electrons. The summed E-state index contributed by atoms with van der Waals surface area (Å²) in [5.41, 5.74) is 10.6. The molecule has 0 aliphatic carbocycles. The number of phenols is 1. The van der Waals surface area contributed by atoms with Crippen LogP contribution < -0.4 is 4.90 Å². The molecule has 7 aromatic rings. The van der Waals surface area contributed by atoms with Crippen molar-refractivity contribution in [3.8, 4) is 39.4 Å². The number of pyridine rings is 2. The van der Waals surface area contributed by atoms with E-state index in [0.29, 0.717) is 17.4 Å². The molecule has 0 atom stereocenters. The number of hydrogen-bond donors (Lipinski definition) is 1. The molecule has 0 unspecified atom stereocenters. The molecule has 5 heteroatoms. The van der Waals surface area contributed by atoms with Gasteiger partial charge in [0.2, 0.25) is 0 Å². The predicted octanol–water partition coefficient (Wildman–Crippen LogP) is 13.1. The molecule has 0 aliphatic heterocycles. The molecule has 0 bridgehead atoms. The summed E-state index contributed by atoms with van der Waals surface area (Å²) in [5, 5.41) is 13.5. The number of phenolic OH excluding ortho intramolecular Hbond substituents is 1. The monoisotopic (exact) mass is 875 g/mol. The average Bonchev–Trinajstić information content (AvgIpc) is 3.15. The van der Waals surface area contributed by atoms with Crippen LogP contribution in [0.25, 0.3) is 44.4 Å². The fourth-order valence-corrected chi connectivity index (χ4v) is 6.73. The molecule has 7 rings (SSSR count). The van der Waals surface area contributed by atoms with Crippen molar-refractivity contribution in [1.29, 1.82) is 0 Å². The van der Waals surface area contributed by atoms with Gasteiger partial charge in [0, 0.05) is 43.8 Å². The summed E-state index contributed by atoms with van der Waals surface area (Å²) in [4.78, 5) is 12.4. The van der Waals surface area contributed by atoms with Crippen LogP contribution in [0.5, 0.6) is 5.75 Å². The number of nitrogens with zero attached hydrogens (tertiary/aromatic N) is 3. The topological polar surface area (TPSA) is 49.2 Å². The molecule has 0 spiro atoms. The fourth-order valence-electron chi connectivity index (χ4n) is 6.73. The van der Waals surface area contributed by atoms with Gasteiger partial charge in [-0.2, -0.15) is 0 Å². The number of para-hydroxylation sites is 1. The van der Waals surface area contributed by atoms with Crippen molar-refractivity contribution in [3.05, 3.63) is 156 Å². The van der Waals surface area contributed by atoms with Crippen LogP contribution in [0.4, 0.5) is 17.2 Å². The third-order valence-electron chi connectivity index (χ3n) is 9.80. The Kier molecular flexibility index (Phi) is 11.0. The Morgan fingerprint density at radius 1 is 0.679 bits per heavy atom. The van der Waals surface area contributed by atoms with Crippen LogP contribution in [-0.2, 0) is 26.5 Å². The van der Waals surface area contributed by atoms with Crippen LogP contribution in [0.3, 0.4) is 0 Å². The Labute approximate surface area is 328 Å². The van der Waals surface area contributed by atoms with Gasteiger partial charge in [0.1, 0.15) is 11.6 Å². The first kappa shape index (κ1) is 37.7. The summed E-state index contributed by atoms with van der Waals surface area (Å²) in [6.07, 6.45) is 1.83. The third-order valence-corrected chi connectivity index (χ3v) is 9.80. The standard InChI is InChI=1S/C48H46N3O.Pt/c1-31(2)34-25-35(32(3)4)27-36(26-34)41-22-23-43(50-47(41)42-18-10-11-20-45(42)52)37-28-38(48(5,6)7)30-39(29-37)51(46-21-12-13-24-49-46)44-19-14-16-33-15-8-9-17-40(33)44;/h8-28,30-32,52H,1-7H3;/q-1;. The van der Waals surface area contributed by atoms with Gasteiger partial charge >= 0.3 is 0 Å². The van der Waals surface area contributed by atoms with Gasteiger partial charge in [-0.15, -0.1) is 29.3 Å². The molecule has 4 nitrogen and oxygen atoms in total. The van der Waals surface area contributed by atoms with E-state index in [1.165, 1.54) is 11.1 Å². The molecule has 0 fully saturated rings. The molecule has 53 heavy (non-hydrogen) atoms. The van der Waals surface area contributed by atoms with Gasteiger partial charge in [-0.3, -0.25) is 4.98 Å². The van der Waals surface area contributed by atoms with Crippen LogP contribution >= 0.6 is 0 Å². The van der Waals surface area contributed by atoms with Gasteiger partial charge in [0.05, 0.1) is 11.4 Å².